The molecule has 3 N–H and O–H groups in total. The molecule has 0 fully saturated rings. The first kappa shape index (κ1) is 24.3. The molecule has 0 bridgehead atoms. The fraction of sp³-hybridized carbons (Fsp3) is 0.143. The van der Waals surface area contributed by atoms with Gasteiger partial charge >= 0.3 is 5.97 Å². The molecule has 1 heterocycles. The number of aromatic hydroxyl groups is 1. The van der Waals surface area contributed by atoms with E-state index in [0.717, 1.165) is 5.56 Å². The first-order valence-electron chi connectivity index (χ1n) is 11.1. The third kappa shape index (κ3) is 4.99. The Morgan fingerprint density at radius 1 is 1.00 bits per heavy atom. The Balaban J connectivity index is 1.82. The summed E-state index contributed by atoms with van der Waals surface area (Å²) in [7, 11) is 0. The Labute approximate surface area is 208 Å². The van der Waals surface area contributed by atoms with E-state index >= 15 is 0 Å². The van der Waals surface area contributed by atoms with E-state index in [1.54, 1.807) is 6.07 Å². The Kier molecular flexibility index (Phi) is 7.05. The second kappa shape index (κ2) is 10.2. The highest BCUT2D eigenvalue weighted by Crippen LogP contribution is 2.43. The minimum atomic E-state index is -1.37. The van der Waals surface area contributed by atoms with Crippen molar-refractivity contribution in [2.24, 2.45) is 5.73 Å². The number of halogens is 1. The maximum atomic E-state index is 13.5. The van der Waals surface area contributed by atoms with Gasteiger partial charge in [-0.2, -0.15) is 0 Å². The normalized spacial score (nSPS) is 13.6. The quantitative estimate of drug-likeness (QED) is 0.297. The largest absolute Gasteiger partial charge is 0.503 e. The maximum absolute atomic E-state index is 13.5. The lowest BCUT2D eigenvalue weighted by atomic mass is 9.79. The van der Waals surface area contributed by atoms with Crippen molar-refractivity contribution >= 4 is 17.6 Å². The lowest BCUT2D eigenvalue weighted by Crippen LogP contribution is -2.43. The molecule has 35 heavy (non-hydrogen) atoms. The van der Waals surface area contributed by atoms with Gasteiger partial charge in [0.2, 0.25) is 5.43 Å². The summed E-state index contributed by atoms with van der Waals surface area (Å²) in [5.74, 6) is -1.10. The number of aryl methyl sites for hydroxylation is 1. The molecule has 0 aliphatic heterocycles. The number of nitrogens with zero attached hydrogens (tertiary/aromatic N) is 1. The molecule has 0 aliphatic carbocycles. The molecule has 0 saturated carbocycles. The fourth-order valence-corrected chi connectivity index (χ4v) is 4.28. The summed E-state index contributed by atoms with van der Waals surface area (Å²) >= 11 is 6.68. The molecular formula is C28H25ClN2O4. The van der Waals surface area contributed by atoms with E-state index < -0.39 is 28.8 Å². The van der Waals surface area contributed by atoms with Gasteiger partial charge in [-0.05, 0) is 13.0 Å². The molecule has 3 aromatic carbocycles. The van der Waals surface area contributed by atoms with Gasteiger partial charge in [-0.1, -0.05) is 90.0 Å². The summed E-state index contributed by atoms with van der Waals surface area (Å²) < 4.78 is 7.79. The molecule has 178 valence electrons. The third-order valence-electron chi connectivity index (χ3n) is 5.81. The smallest absolute Gasteiger partial charge is 0.326 e. The molecule has 4 rings (SSSR count). The van der Waals surface area contributed by atoms with Crippen molar-refractivity contribution in [1.29, 1.82) is 0 Å². The average Bonchev–Trinajstić information content (AvgIpc) is 2.86. The maximum Gasteiger partial charge on any atom is 0.326 e. The summed E-state index contributed by atoms with van der Waals surface area (Å²) in [5, 5.41) is 10.2. The number of ether oxygens (including phenoxy) is 1. The van der Waals surface area contributed by atoms with Crippen LogP contribution in [0.15, 0.2) is 102 Å². The topological polar surface area (TPSA) is 94.5 Å². The number of carbonyl (C=O) groups is 1. The van der Waals surface area contributed by atoms with Crippen LogP contribution in [0.1, 0.15) is 22.3 Å². The van der Waals surface area contributed by atoms with E-state index in [0.29, 0.717) is 21.7 Å². The molecule has 0 aliphatic rings. The van der Waals surface area contributed by atoms with Crippen LogP contribution < -0.4 is 11.2 Å². The summed E-state index contributed by atoms with van der Waals surface area (Å²) in [6.07, 6.45) is 2.68. The first-order valence-corrected chi connectivity index (χ1v) is 11.4. The minimum absolute atomic E-state index is 0.00599. The number of benzene rings is 3. The first-order chi connectivity index (χ1) is 16.8. The van der Waals surface area contributed by atoms with Crippen LogP contribution in [0.5, 0.6) is 5.75 Å². The minimum Gasteiger partial charge on any atom is -0.503 e. The van der Waals surface area contributed by atoms with Gasteiger partial charge in [-0.3, -0.25) is 9.59 Å². The van der Waals surface area contributed by atoms with E-state index in [9.17, 15) is 14.7 Å². The lowest BCUT2D eigenvalue weighted by molar-refractivity contribution is -0.155. The van der Waals surface area contributed by atoms with Gasteiger partial charge < -0.3 is 20.1 Å². The van der Waals surface area contributed by atoms with Crippen molar-refractivity contribution in [2.75, 3.05) is 0 Å². The second-order valence-corrected chi connectivity index (χ2v) is 8.72. The molecule has 0 saturated heterocycles. The number of hydrogen-bond acceptors (Lipinski definition) is 5. The van der Waals surface area contributed by atoms with Gasteiger partial charge in [-0.15, -0.1) is 0 Å². The summed E-state index contributed by atoms with van der Waals surface area (Å²) in [6.45, 7) is 1.97. The zero-order valence-corrected chi connectivity index (χ0v) is 19.9. The van der Waals surface area contributed by atoms with Crippen molar-refractivity contribution in [1.82, 2.24) is 4.57 Å². The lowest BCUT2D eigenvalue weighted by Gasteiger charge is -2.36. The van der Waals surface area contributed by atoms with Gasteiger partial charge in [0.1, 0.15) is 6.04 Å². The van der Waals surface area contributed by atoms with Crippen LogP contribution in [0.25, 0.3) is 0 Å². The van der Waals surface area contributed by atoms with Gasteiger partial charge in [0.15, 0.2) is 11.4 Å². The van der Waals surface area contributed by atoms with Crippen molar-refractivity contribution in [3.63, 3.8) is 0 Å². The van der Waals surface area contributed by atoms with Crippen LogP contribution in [0.3, 0.4) is 0 Å². The highest BCUT2D eigenvalue weighted by atomic mass is 35.5. The molecule has 1 unspecified atom stereocenters. The number of hydrogen-bond donors (Lipinski definition) is 2. The van der Waals surface area contributed by atoms with Crippen LogP contribution in [0, 0.1) is 6.92 Å². The van der Waals surface area contributed by atoms with Crippen LogP contribution in [0.2, 0.25) is 5.02 Å². The molecule has 7 heteroatoms. The number of pyridine rings is 1. The summed E-state index contributed by atoms with van der Waals surface area (Å²) in [6, 6.07) is 24.4. The molecule has 6 nitrogen and oxygen atoms in total. The summed E-state index contributed by atoms with van der Waals surface area (Å²) in [4.78, 5) is 25.0. The van der Waals surface area contributed by atoms with E-state index in [4.69, 9.17) is 22.1 Å². The molecule has 0 amide bonds. The van der Waals surface area contributed by atoms with Crippen molar-refractivity contribution in [3.8, 4) is 5.75 Å². The number of rotatable bonds is 7. The monoisotopic (exact) mass is 488 g/mol. The standard InChI is InChI=1S/C28H25ClN2O4/c1-19-11-13-21(14-12-19)28(20-7-3-2-4-8-20,22-9-5-6-10-23(22)29)35-27(34)24(30)17-31-16-15-25(32)26(33)18-31/h2-16,18,24,33H,17,30H2,1H3/t24-,28?/m0/s1. The molecule has 4 aromatic rings. The molecule has 2 atom stereocenters. The predicted octanol–water partition coefficient (Wildman–Crippen LogP) is 4.38. The highest BCUT2D eigenvalue weighted by molar-refractivity contribution is 6.31. The number of esters is 1. The van der Waals surface area contributed by atoms with Gasteiger partial charge in [-0.25, -0.2) is 0 Å². The number of aromatic nitrogens is 1. The predicted molar refractivity (Wildman–Crippen MR) is 135 cm³/mol. The Morgan fingerprint density at radius 3 is 2.29 bits per heavy atom. The molecular weight excluding hydrogens is 464 g/mol. The van der Waals surface area contributed by atoms with Crippen molar-refractivity contribution < 1.29 is 14.6 Å². The SMILES string of the molecule is Cc1ccc(C(OC(=O)[C@@H](N)Cn2ccc(=O)c(O)c2)(c2ccccc2)c2ccccc2Cl)cc1. The Hall–Kier alpha value is -3.87. The van der Waals surface area contributed by atoms with Crippen molar-refractivity contribution in [3.05, 3.63) is 135 Å². The Bertz CT molecular complexity index is 1390. The van der Waals surface area contributed by atoms with E-state index in [2.05, 4.69) is 0 Å². The van der Waals surface area contributed by atoms with Crippen LogP contribution in [0.4, 0.5) is 0 Å². The van der Waals surface area contributed by atoms with Crippen LogP contribution >= 0.6 is 11.6 Å². The zero-order valence-electron chi connectivity index (χ0n) is 19.1. The third-order valence-corrected chi connectivity index (χ3v) is 6.14. The van der Waals surface area contributed by atoms with E-state index in [1.807, 2.05) is 79.7 Å². The van der Waals surface area contributed by atoms with Crippen molar-refractivity contribution in [2.45, 2.75) is 25.1 Å². The molecule has 1 aromatic heterocycles. The zero-order chi connectivity index (χ0) is 25.0. The van der Waals surface area contributed by atoms with E-state index in [-0.39, 0.29) is 6.54 Å². The van der Waals surface area contributed by atoms with E-state index in [1.165, 1.54) is 23.0 Å². The molecule has 0 spiro atoms. The summed E-state index contributed by atoms with van der Waals surface area (Å²) in [5.41, 5.74) is 7.44. The average molecular weight is 489 g/mol. The van der Waals surface area contributed by atoms with Gasteiger partial charge in [0.05, 0.1) is 0 Å². The van der Waals surface area contributed by atoms with Crippen LogP contribution in [-0.2, 0) is 21.7 Å². The highest BCUT2D eigenvalue weighted by Gasteiger charge is 2.43. The Morgan fingerprint density at radius 2 is 1.63 bits per heavy atom. The van der Waals surface area contributed by atoms with Gasteiger partial charge in [0, 0.05) is 46.7 Å². The van der Waals surface area contributed by atoms with Gasteiger partial charge in [0.25, 0.3) is 0 Å². The number of carbonyl (C=O) groups excluding carboxylic acids is 1. The second-order valence-electron chi connectivity index (χ2n) is 8.31. The number of nitrogens with two attached hydrogens (primary N) is 1. The molecule has 0 radical (unpaired) electrons. The van der Waals surface area contributed by atoms with Crippen LogP contribution in [-0.4, -0.2) is 21.7 Å². The fourth-order valence-electron chi connectivity index (χ4n) is 4.01.